The number of carbonyl (C=O) groups is 6. The molecular weight excluding hydrogens is 1010 g/mol. The average molecular weight is 1110 g/mol. The standard InChI is InChI=1S/C57H98N6O15/c1-7-8-9-10-11-12-13-14-15-16-17-20-24-39(4)50(68)45(37-75-55-53(71)52(70)51(69)47(34-64)78-55)61-57(74)76-36-42-28-30-44(31-29-42)60-54(72)43(26-23-32-59-56(58)73)33-46(66)49(38(2)3)62-48(67)27-22-19-18-21-25-40(5)63-77-35-41(6)65/h28-31,38-39,43,45,47,49-53,55,64,68-71H,7-27,32-37H2,1-6H3,(H,60,72)(H,61,74)(H,62,67)(H3,58,59,73)/b63-40+/t39-,43-,45+,47?,49?,50-,51+,52+,53?,55+/m1/s1. The first kappa shape index (κ1) is 69.3. The van der Waals surface area contributed by atoms with E-state index in [4.69, 9.17) is 24.8 Å². The minimum Gasteiger partial charge on any atom is -0.445 e. The number of nitrogens with two attached hydrogens (primary N) is 1. The number of oxime groups is 1. The lowest BCUT2D eigenvalue weighted by atomic mass is 9.89. The van der Waals surface area contributed by atoms with Crippen molar-refractivity contribution in [1.82, 2.24) is 16.0 Å². The van der Waals surface area contributed by atoms with Gasteiger partial charge in [-0.25, -0.2) is 9.59 Å². The van der Waals surface area contributed by atoms with Gasteiger partial charge in [0.2, 0.25) is 11.8 Å². The number of hydrogen-bond acceptors (Lipinski definition) is 16. The number of hydrogen-bond donors (Lipinski definition) is 10. The van der Waals surface area contributed by atoms with Gasteiger partial charge in [-0.3, -0.25) is 19.2 Å². The van der Waals surface area contributed by atoms with E-state index >= 15 is 0 Å². The van der Waals surface area contributed by atoms with Crippen molar-refractivity contribution < 1.29 is 73.3 Å². The number of primary amides is 1. The molecule has 2 rings (SSSR count). The van der Waals surface area contributed by atoms with Crippen molar-refractivity contribution in [1.29, 1.82) is 0 Å². The molecule has 10 atom stereocenters. The highest BCUT2D eigenvalue weighted by Gasteiger charge is 2.44. The van der Waals surface area contributed by atoms with Crippen LogP contribution in [-0.2, 0) is 44.8 Å². The van der Waals surface area contributed by atoms with Gasteiger partial charge in [0.05, 0.1) is 37.1 Å². The molecule has 1 aliphatic heterocycles. The van der Waals surface area contributed by atoms with Gasteiger partial charge in [0.15, 0.2) is 24.5 Å². The van der Waals surface area contributed by atoms with Crippen LogP contribution in [0.3, 0.4) is 0 Å². The van der Waals surface area contributed by atoms with Gasteiger partial charge in [0.25, 0.3) is 0 Å². The number of Topliss-reactive ketones (excluding diaryl/α,β-unsaturated/α-hetero) is 2. The molecule has 78 heavy (non-hydrogen) atoms. The van der Waals surface area contributed by atoms with Crippen molar-refractivity contribution >= 4 is 46.9 Å². The quantitative estimate of drug-likeness (QED) is 0.0187. The van der Waals surface area contributed by atoms with Crippen LogP contribution < -0.4 is 27.0 Å². The average Bonchev–Trinajstić information content (AvgIpc) is 3.40. The van der Waals surface area contributed by atoms with Crippen molar-refractivity contribution in [3.8, 4) is 0 Å². The zero-order valence-corrected chi connectivity index (χ0v) is 47.6. The summed E-state index contributed by atoms with van der Waals surface area (Å²) < 4.78 is 16.8. The topological polar surface area (TPSA) is 327 Å². The summed E-state index contributed by atoms with van der Waals surface area (Å²) in [5, 5.41) is 67.2. The normalized spacial score (nSPS) is 19.5. The molecular formula is C57H98N6O15. The van der Waals surface area contributed by atoms with Crippen LogP contribution in [0.15, 0.2) is 29.4 Å². The van der Waals surface area contributed by atoms with Crippen molar-refractivity contribution in [2.45, 2.75) is 238 Å². The van der Waals surface area contributed by atoms with E-state index in [9.17, 15) is 54.3 Å². The molecule has 1 aliphatic rings. The van der Waals surface area contributed by atoms with Crippen LogP contribution in [-0.4, -0.2) is 142 Å². The van der Waals surface area contributed by atoms with Gasteiger partial charge in [-0.2, -0.15) is 0 Å². The first-order valence-corrected chi connectivity index (χ1v) is 28.7. The van der Waals surface area contributed by atoms with E-state index in [0.29, 0.717) is 36.9 Å². The number of aliphatic hydroxyl groups is 5. The van der Waals surface area contributed by atoms with Gasteiger partial charge in [-0.05, 0) is 81.9 Å². The van der Waals surface area contributed by atoms with Crippen LogP contribution in [0, 0.1) is 17.8 Å². The van der Waals surface area contributed by atoms with Crippen LogP contribution in [0.2, 0.25) is 0 Å². The van der Waals surface area contributed by atoms with Crippen molar-refractivity contribution in [3.05, 3.63) is 29.8 Å². The molecule has 0 bridgehead atoms. The second kappa shape index (κ2) is 40.4. The Bertz CT molecular complexity index is 1910. The SMILES string of the molecule is CCCCCCCCCCCCCC[C@@H](C)[C@@H](O)[C@H](CO[C@H]1OC(CO)[C@H](O)[C@H](O)C1O)NC(=O)OCc1ccc(NC(=O)[C@H](CCCNC(N)=O)CC(=O)C(NC(=O)CCCCCC/C(C)=N/OCC(C)=O)C(C)C)cc1. The maximum atomic E-state index is 13.8. The van der Waals surface area contributed by atoms with Gasteiger partial charge in [0.1, 0.15) is 31.0 Å². The van der Waals surface area contributed by atoms with Gasteiger partial charge >= 0.3 is 12.1 Å². The number of carbonyl (C=O) groups excluding carboxylic acids is 6. The summed E-state index contributed by atoms with van der Waals surface area (Å²) in [6.07, 6.45) is 9.71. The molecule has 21 nitrogen and oxygen atoms in total. The number of unbranched alkanes of at least 4 members (excludes halogenated alkanes) is 14. The van der Waals surface area contributed by atoms with Crippen molar-refractivity contribution in [3.63, 3.8) is 0 Å². The molecule has 0 aromatic heterocycles. The summed E-state index contributed by atoms with van der Waals surface area (Å²) in [5.74, 6) is -2.50. The van der Waals surface area contributed by atoms with E-state index in [1.54, 1.807) is 24.3 Å². The van der Waals surface area contributed by atoms with Gasteiger partial charge < -0.3 is 71.6 Å². The van der Waals surface area contributed by atoms with Gasteiger partial charge in [-0.1, -0.05) is 135 Å². The largest absolute Gasteiger partial charge is 0.445 e. The zero-order valence-electron chi connectivity index (χ0n) is 47.6. The number of amides is 5. The Labute approximate surface area is 463 Å². The highest BCUT2D eigenvalue weighted by molar-refractivity contribution is 5.97. The van der Waals surface area contributed by atoms with Gasteiger partial charge in [0, 0.05) is 31.0 Å². The summed E-state index contributed by atoms with van der Waals surface area (Å²) in [6.45, 7) is 9.87. The number of ether oxygens (including phenoxy) is 3. The number of rotatable bonds is 43. The number of benzene rings is 1. The Morgan fingerprint density at radius 3 is 1.95 bits per heavy atom. The third-order valence-electron chi connectivity index (χ3n) is 14.0. The Balaban J connectivity index is 2.02. The molecule has 0 saturated carbocycles. The van der Waals surface area contributed by atoms with Crippen molar-refractivity contribution in [2.24, 2.45) is 28.6 Å². The molecule has 0 aliphatic carbocycles. The van der Waals surface area contributed by atoms with Crippen LogP contribution in [0.25, 0.3) is 0 Å². The minimum absolute atomic E-state index is 0.0636. The third-order valence-corrected chi connectivity index (χ3v) is 14.0. The van der Waals surface area contributed by atoms with Crippen molar-refractivity contribution in [2.75, 3.05) is 31.7 Å². The monoisotopic (exact) mass is 1110 g/mol. The molecule has 0 radical (unpaired) electrons. The summed E-state index contributed by atoms with van der Waals surface area (Å²) >= 11 is 0. The number of nitrogens with one attached hydrogen (secondary N) is 4. The molecule has 21 heteroatoms. The summed E-state index contributed by atoms with van der Waals surface area (Å²) in [6, 6.07) is 3.88. The van der Waals surface area contributed by atoms with Gasteiger partial charge in [-0.15, -0.1) is 0 Å². The van der Waals surface area contributed by atoms with E-state index in [-0.39, 0.29) is 74.9 Å². The second-order valence-corrected chi connectivity index (χ2v) is 21.5. The molecule has 5 amide bonds. The van der Waals surface area contributed by atoms with Crippen LogP contribution in [0.5, 0.6) is 0 Å². The fraction of sp³-hybridized carbons (Fsp3) is 0.772. The predicted octanol–water partition coefficient (Wildman–Crippen LogP) is 6.61. The summed E-state index contributed by atoms with van der Waals surface area (Å²) in [7, 11) is 0. The molecule has 446 valence electrons. The smallest absolute Gasteiger partial charge is 0.407 e. The summed E-state index contributed by atoms with van der Waals surface area (Å²) in [5.41, 5.74) is 6.97. The fourth-order valence-electron chi connectivity index (χ4n) is 9.19. The highest BCUT2D eigenvalue weighted by atomic mass is 16.7. The lowest BCUT2D eigenvalue weighted by Gasteiger charge is -2.40. The number of anilines is 1. The highest BCUT2D eigenvalue weighted by Crippen LogP contribution is 2.25. The Morgan fingerprint density at radius 1 is 0.756 bits per heavy atom. The molecule has 0 spiro atoms. The van der Waals surface area contributed by atoms with E-state index in [2.05, 4.69) is 33.3 Å². The molecule has 1 aromatic carbocycles. The molecule has 1 fully saturated rings. The van der Waals surface area contributed by atoms with E-state index in [1.165, 1.54) is 58.3 Å². The number of nitrogens with zero attached hydrogens (tertiary/aromatic N) is 1. The number of ketones is 2. The van der Waals surface area contributed by atoms with Crippen LogP contribution >= 0.6 is 0 Å². The minimum atomic E-state index is -1.68. The maximum absolute atomic E-state index is 13.8. The first-order chi connectivity index (χ1) is 37.3. The molecule has 1 aromatic rings. The summed E-state index contributed by atoms with van der Waals surface area (Å²) in [4.78, 5) is 81.3. The number of urea groups is 1. The zero-order chi connectivity index (χ0) is 57.8. The lowest BCUT2D eigenvalue weighted by Crippen LogP contribution is -2.60. The molecule has 11 N–H and O–H groups in total. The third kappa shape index (κ3) is 29.4. The first-order valence-electron chi connectivity index (χ1n) is 28.7. The molecule has 1 saturated heterocycles. The Kier molecular flexibility index (Phi) is 35.9. The number of alkyl carbamates (subject to hydrolysis) is 1. The van der Waals surface area contributed by atoms with E-state index in [0.717, 1.165) is 50.7 Å². The molecule has 1 heterocycles. The predicted molar refractivity (Wildman–Crippen MR) is 297 cm³/mol. The second-order valence-electron chi connectivity index (χ2n) is 21.5. The fourth-order valence-corrected chi connectivity index (χ4v) is 9.19. The Hall–Kier alpha value is -4.77. The van der Waals surface area contributed by atoms with Crippen LogP contribution in [0.4, 0.5) is 15.3 Å². The van der Waals surface area contributed by atoms with Crippen LogP contribution in [0.1, 0.15) is 188 Å². The lowest BCUT2D eigenvalue weighted by molar-refractivity contribution is -0.303. The van der Waals surface area contributed by atoms with E-state index < -0.39 is 79.4 Å². The molecule has 3 unspecified atom stereocenters. The van der Waals surface area contributed by atoms with E-state index in [1.807, 2.05) is 27.7 Å². The Morgan fingerprint density at radius 2 is 1.36 bits per heavy atom. The number of aliphatic hydroxyl groups excluding tert-OH is 5. The maximum Gasteiger partial charge on any atom is 0.407 e.